The molecule has 3 aromatic carbocycles. The van der Waals surface area contributed by atoms with Gasteiger partial charge < -0.3 is 14.4 Å². The lowest BCUT2D eigenvalue weighted by atomic mass is 9.78. The lowest BCUT2D eigenvalue weighted by Crippen LogP contribution is -2.19. The van der Waals surface area contributed by atoms with Crippen molar-refractivity contribution in [3.05, 3.63) is 95.2 Å². The van der Waals surface area contributed by atoms with Crippen LogP contribution in [0.5, 0.6) is 0 Å². The van der Waals surface area contributed by atoms with Crippen LogP contribution in [-0.2, 0) is 27.8 Å². The molecule has 1 unspecified atom stereocenters. The van der Waals surface area contributed by atoms with E-state index in [0.29, 0.717) is 24.3 Å². The molecule has 0 saturated heterocycles. The van der Waals surface area contributed by atoms with Crippen molar-refractivity contribution in [2.24, 2.45) is 0 Å². The van der Waals surface area contributed by atoms with E-state index in [0.717, 1.165) is 46.2 Å². The van der Waals surface area contributed by atoms with E-state index in [4.69, 9.17) is 9.26 Å². The number of fused-ring (bicyclic) bond motifs is 1. The molecule has 1 saturated carbocycles. The van der Waals surface area contributed by atoms with Gasteiger partial charge in [-0.1, -0.05) is 71.9 Å². The molecular formula is C30H26N2O5. The number of nitrogens with one attached hydrogen (secondary N) is 1. The molecule has 2 aliphatic carbocycles. The summed E-state index contributed by atoms with van der Waals surface area (Å²) in [6.07, 6.45) is 3.72. The molecule has 0 spiro atoms. The first-order valence-electron chi connectivity index (χ1n) is 12.4. The largest absolute Gasteiger partial charge is 0.481 e. The Balaban J connectivity index is 1.22. The highest BCUT2D eigenvalue weighted by Crippen LogP contribution is 2.49. The van der Waals surface area contributed by atoms with Crippen molar-refractivity contribution in [3.63, 3.8) is 0 Å². The zero-order valence-corrected chi connectivity index (χ0v) is 20.4. The van der Waals surface area contributed by atoms with Crippen LogP contribution in [0.25, 0.3) is 22.5 Å². The number of aromatic nitrogens is 1. The van der Waals surface area contributed by atoms with E-state index in [9.17, 15) is 14.7 Å². The molecule has 1 heterocycles. The Morgan fingerprint density at radius 2 is 1.65 bits per heavy atom. The first kappa shape index (κ1) is 23.0. The fourth-order valence-corrected chi connectivity index (χ4v) is 5.16. The first-order chi connectivity index (χ1) is 18.0. The lowest BCUT2D eigenvalue weighted by molar-refractivity contribution is -0.140. The number of anilines is 1. The van der Waals surface area contributed by atoms with Crippen molar-refractivity contribution in [2.45, 2.75) is 44.1 Å². The minimum Gasteiger partial charge on any atom is -0.481 e. The number of amides is 1. The minimum atomic E-state index is -0.747. The molecule has 2 aliphatic rings. The molecule has 1 atom stereocenters. The van der Waals surface area contributed by atoms with E-state index < -0.39 is 23.6 Å². The predicted octanol–water partition coefficient (Wildman–Crippen LogP) is 6.53. The number of rotatable bonds is 7. The Morgan fingerprint density at radius 3 is 2.30 bits per heavy atom. The summed E-state index contributed by atoms with van der Waals surface area (Å²) in [5.74, 6) is -0.247. The Bertz CT molecular complexity index is 1490. The average molecular weight is 495 g/mol. The van der Waals surface area contributed by atoms with E-state index in [1.165, 1.54) is 11.8 Å². The number of carboxylic acids is 1. The summed E-state index contributed by atoms with van der Waals surface area (Å²) in [6, 6.07) is 21.5. The number of nitrogens with zero attached hydrogens (tertiary/aromatic N) is 1. The van der Waals surface area contributed by atoms with Crippen LogP contribution >= 0.6 is 0 Å². The van der Waals surface area contributed by atoms with Crippen LogP contribution in [0.4, 0.5) is 10.5 Å². The van der Waals surface area contributed by atoms with Crippen molar-refractivity contribution in [1.29, 1.82) is 0 Å². The van der Waals surface area contributed by atoms with Crippen LogP contribution in [0.2, 0.25) is 0 Å². The molecule has 6 rings (SSSR count). The Morgan fingerprint density at radius 1 is 0.973 bits per heavy atom. The molecule has 1 fully saturated rings. The van der Waals surface area contributed by atoms with Crippen molar-refractivity contribution in [3.8, 4) is 22.5 Å². The Kier molecular flexibility index (Phi) is 5.56. The van der Waals surface area contributed by atoms with E-state index in [2.05, 4.69) is 16.5 Å². The molecule has 186 valence electrons. The molecular weight excluding hydrogens is 468 g/mol. The van der Waals surface area contributed by atoms with Crippen LogP contribution < -0.4 is 5.32 Å². The third-order valence-corrected chi connectivity index (χ3v) is 7.57. The van der Waals surface area contributed by atoms with Gasteiger partial charge in [0.25, 0.3) is 0 Å². The summed E-state index contributed by atoms with van der Waals surface area (Å²) in [5.41, 5.74) is 7.00. The first-order valence-corrected chi connectivity index (χ1v) is 12.4. The maximum absolute atomic E-state index is 12.6. The van der Waals surface area contributed by atoms with Crippen molar-refractivity contribution in [1.82, 2.24) is 5.16 Å². The number of carbonyl (C=O) groups excluding carboxylic acids is 1. The van der Waals surface area contributed by atoms with Crippen molar-refractivity contribution >= 4 is 17.7 Å². The standard InChI is InChI=1S/C30H26N2O5/c1-18(19-5-3-2-4-6-19)36-29(35)32-26-17-31-37-27(26)25-14-11-22(23-12-13-24(23)25)20-7-9-21(10-8-20)30(15-16-30)28(33)34/h2-11,14,17-18H,12-13,15-16H2,1H3,(H,32,35)(H,33,34). The smallest absolute Gasteiger partial charge is 0.412 e. The van der Waals surface area contributed by atoms with Gasteiger partial charge in [-0.25, -0.2) is 4.79 Å². The van der Waals surface area contributed by atoms with Gasteiger partial charge in [0.2, 0.25) is 0 Å². The summed E-state index contributed by atoms with van der Waals surface area (Å²) < 4.78 is 11.1. The van der Waals surface area contributed by atoms with Crippen LogP contribution in [0.3, 0.4) is 0 Å². The van der Waals surface area contributed by atoms with Gasteiger partial charge in [0.15, 0.2) is 5.76 Å². The van der Waals surface area contributed by atoms with E-state index in [1.54, 1.807) is 0 Å². The zero-order valence-electron chi connectivity index (χ0n) is 20.4. The molecule has 1 aromatic heterocycles. The third-order valence-electron chi connectivity index (χ3n) is 7.57. The van der Waals surface area contributed by atoms with Crippen LogP contribution in [0, 0.1) is 0 Å². The molecule has 0 radical (unpaired) electrons. The number of carbonyl (C=O) groups is 2. The second kappa shape index (κ2) is 8.92. The number of hydrogen-bond donors (Lipinski definition) is 2. The molecule has 37 heavy (non-hydrogen) atoms. The van der Waals surface area contributed by atoms with Gasteiger partial charge in [-0.3, -0.25) is 10.1 Å². The summed E-state index contributed by atoms with van der Waals surface area (Å²) in [4.78, 5) is 24.2. The van der Waals surface area contributed by atoms with Gasteiger partial charge >= 0.3 is 12.1 Å². The number of aliphatic carboxylic acids is 1. The zero-order chi connectivity index (χ0) is 25.6. The van der Waals surface area contributed by atoms with E-state index in [-0.39, 0.29) is 0 Å². The van der Waals surface area contributed by atoms with E-state index >= 15 is 0 Å². The van der Waals surface area contributed by atoms with Crippen LogP contribution in [0.15, 0.2) is 77.4 Å². The van der Waals surface area contributed by atoms with Gasteiger partial charge in [-0.15, -0.1) is 0 Å². The molecule has 7 nitrogen and oxygen atoms in total. The third kappa shape index (κ3) is 4.06. The lowest BCUT2D eigenvalue weighted by Gasteiger charge is -2.26. The van der Waals surface area contributed by atoms with E-state index in [1.807, 2.05) is 67.6 Å². The van der Waals surface area contributed by atoms with Crippen LogP contribution in [0.1, 0.15) is 48.1 Å². The van der Waals surface area contributed by atoms with Crippen LogP contribution in [-0.4, -0.2) is 22.3 Å². The SMILES string of the molecule is CC(OC(=O)Nc1cnoc1-c1ccc(-c2ccc(C3(C(=O)O)CC3)cc2)c2c1CC2)c1ccccc1. The van der Waals surface area contributed by atoms with Gasteiger partial charge in [0, 0.05) is 5.56 Å². The van der Waals surface area contributed by atoms with Crippen molar-refractivity contribution < 1.29 is 24.0 Å². The fourth-order valence-electron chi connectivity index (χ4n) is 5.16. The molecule has 0 bridgehead atoms. The molecule has 2 N–H and O–H groups in total. The topological polar surface area (TPSA) is 102 Å². The minimum absolute atomic E-state index is 0.401. The second-order valence-corrected chi connectivity index (χ2v) is 9.73. The van der Waals surface area contributed by atoms with Gasteiger partial charge in [0.05, 0.1) is 11.6 Å². The maximum atomic E-state index is 12.6. The second-order valence-electron chi connectivity index (χ2n) is 9.73. The Hall–Kier alpha value is -4.39. The van der Waals surface area contributed by atoms with Gasteiger partial charge in [0.1, 0.15) is 11.8 Å². The summed E-state index contributed by atoms with van der Waals surface area (Å²) in [5, 5.41) is 16.3. The summed E-state index contributed by atoms with van der Waals surface area (Å²) >= 11 is 0. The highest BCUT2D eigenvalue weighted by Gasteiger charge is 2.51. The predicted molar refractivity (Wildman–Crippen MR) is 138 cm³/mol. The number of benzene rings is 3. The average Bonchev–Trinajstić information content (AvgIpc) is 3.58. The molecule has 0 aliphatic heterocycles. The number of carboxylic acid groups (broad SMARTS) is 1. The van der Waals surface area contributed by atoms with Gasteiger partial charge in [-0.2, -0.15) is 0 Å². The monoisotopic (exact) mass is 494 g/mol. The molecule has 7 heteroatoms. The fraction of sp³-hybridized carbons (Fsp3) is 0.233. The summed E-state index contributed by atoms with van der Waals surface area (Å²) in [6.45, 7) is 1.82. The van der Waals surface area contributed by atoms with Crippen molar-refractivity contribution in [2.75, 3.05) is 5.32 Å². The molecule has 1 amide bonds. The normalized spacial score (nSPS) is 15.7. The molecule has 4 aromatic rings. The maximum Gasteiger partial charge on any atom is 0.412 e. The number of ether oxygens (including phenoxy) is 1. The highest BCUT2D eigenvalue weighted by atomic mass is 16.6. The quantitative estimate of drug-likeness (QED) is 0.303. The highest BCUT2D eigenvalue weighted by molar-refractivity contribution is 5.91. The summed E-state index contributed by atoms with van der Waals surface area (Å²) in [7, 11) is 0. The van der Waals surface area contributed by atoms with Gasteiger partial charge in [-0.05, 0) is 66.0 Å². The number of hydrogen-bond acceptors (Lipinski definition) is 5. The Labute approximate surface area is 214 Å².